The number of carbonyl (C=O) groups excluding carboxylic acids is 1. The lowest BCUT2D eigenvalue weighted by Gasteiger charge is -2.12. The highest BCUT2D eigenvalue weighted by Gasteiger charge is 2.19. The van der Waals surface area contributed by atoms with E-state index in [0.29, 0.717) is 12.0 Å². The van der Waals surface area contributed by atoms with Crippen molar-refractivity contribution in [3.8, 4) is 17.2 Å². The molecule has 0 atom stereocenters. The number of phenolic OH excluding ortho intramolecular Hbond substituents is 3. The zero-order chi connectivity index (χ0) is 22.2. The number of phenols is 3. The van der Waals surface area contributed by atoms with Gasteiger partial charge < -0.3 is 15.3 Å². The molecule has 0 aliphatic carbocycles. The Morgan fingerprint density at radius 3 is 1.47 bits per heavy atom. The van der Waals surface area contributed by atoms with Crippen molar-refractivity contribution in [1.29, 1.82) is 0 Å². The molecule has 3 N–H and O–H groups in total. The zero-order valence-electron chi connectivity index (χ0n) is 19.3. The number of Topliss-reactive ketones (excluding diaryl/α,β-unsaturated/α-hetero) is 1. The molecule has 0 heterocycles. The molecule has 0 amide bonds. The van der Waals surface area contributed by atoms with Crippen LogP contribution in [-0.2, 0) is 6.42 Å². The molecule has 30 heavy (non-hydrogen) atoms. The van der Waals surface area contributed by atoms with Gasteiger partial charge in [0.15, 0.2) is 5.78 Å². The van der Waals surface area contributed by atoms with Crippen molar-refractivity contribution in [3.05, 3.63) is 17.2 Å². The fourth-order valence-corrected chi connectivity index (χ4v) is 4.13. The maximum atomic E-state index is 11.6. The van der Waals surface area contributed by atoms with E-state index in [1.807, 2.05) is 0 Å². The number of rotatable bonds is 18. The first kappa shape index (κ1) is 26.3. The molecule has 0 spiro atoms. The Morgan fingerprint density at radius 1 is 0.667 bits per heavy atom. The fourth-order valence-electron chi connectivity index (χ4n) is 4.13. The number of hydrogen-bond donors (Lipinski definition) is 3. The Kier molecular flexibility index (Phi) is 14.1. The highest BCUT2D eigenvalue weighted by atomic mass is 16.3. The molecular formula is C26H44O4. The van der Waals surface area contributed by atoms with Gasteiger partial charge in [-0.25, -0.2) is 0 Å². The maximum Gasteiger partial charge on any atom is 0.167 e. The molecular weight excluding hydrogens is 376 g/mol. The third-order valence-electron chi connectivity index (χ3n) is 5.99. The molecule has 172 valence electrons. The van der Waals surface area contributed by atoms with Gasteiger partial charge in [-0.3, -0.25) is 4.79 Å². The molecule has 4 nitrogen and oxygen atoms in total. The Morgan fingerprint density at radius 2 is 1.07 bits per heavy atom. The number of hydrogen-bond acceptors (Lipinski definition) is 4. The van der Waals surface area contributed by atoms with Gasteiger partial charge in [0.25, 0.3) is 0 Å². The summed E-state index contributed by atoms with van der Waals surface area (Å²) >= 11 is 0. The van der Waals surface area contributed by atoms with Crippen LogP contribution >= 0.6 is 0 Å². The van der Waals surface area contributed by atoms with Gasteiger partial charge in [-0.05, 0) is 19.8 Å². The van der Waals surface area contributed by atoms with E-state index in [1.54, 1.807) is 0 Å². The molecule has 0 saturated heterocycles. The molecule has 0 aromatic heterocycles. The molecule has 0 saturated carbocycles. The van der Waals surface area contributed by atoms with Crippen molar-refractivity contribution >= 4 is 5.78 Å². The lowest BCUT2D eigenvalue weighted by molar-refractivity contribution is 0.101. The van der Waals surface area contributed by atoms with Crippen LogP contribution in [0.15, 0.2) is 6.07 Å². The second kappa shape index (κ2) is 16.0. The van der Waals surface area contributed by atoms with E-state index < -0.39 is 5.78 Å². The fraction of sp³-hybridized carbons (Fsp3) is 0.731. The van der Waals surface area contributed by atoms with Crippen LogP contribution in [0.25, 0.3) is 0 Å². The van der Waals surface area contributed by atoms with Crippen LogP contribution in [0.2, 0.25) is 0 Å². The molecule has 4 heteroatoms. The number of carbonyl (C=O) groups is 1. The smallest absolute Gasteiger partial charge is 0.167 e. The maximum absolute atomic E-state index is 11.6. The van der Waals surface area contributed by atoms with Gasteiger partial charge in [-0.1, -0.05) is 103 Å². The van der Waals surface area contributed by atoms with E-state index in [0.717, 1.165) is 25.3 Å². The Hall–Kier alpha value is -1.71. The minimum atomic E-state index is -0.404. The van der Waals surface area contributed by atoms with E-state index in [2.05, 4.69) is 6.92 Å². The monoisotopic (exact) mass is 420 g/mol. The van der Waals surface area contributed by atoms with Crippen LogP contribution in [0.5, 0.6) is 17.2 Å². The van der Waals surface area contributed by atoms with Crippen molar-refractivity contribution in [2.45, 2.75) is 123 Å². The van der Waals surface area contributed by atoms with Gasteiger partial charge in [0.1, 0.15) is 22.8 Å². The van der Waals surface area contributed by atoms with Crippen molar-refractivity contribution < 1.29 is 20.1 Å². The van der Waals surface area contributed by atoms with Crippen LogP contribution in [0.1, 0.15) is 133 Å². The van der Waals surface area contributed by atoms with Crippen LogP contribution in [-0.4, -0.2) is 21.1 Å². The third-order valence-corrected chi connectivity index (χ3v) is 5.99. The molecule has 0 aliphatic heterocycles. The topological polar surface area (TPSA) is 77.8 Å². The van der Waals surface area contributed by atoms with E-state index in [4.69, 9.17) is 0 Å². The third kappa shape index (κ3) is 10.4. The lowest BCUT2D eigenvalue weighted by Crippen LogP contribution is -1.98. The quantitative estimate of drug-likeness (QED) is 0.167. The number of unbranched alkanes of at least 4 members (excludes halogenated alkanes) is 15. The summed E-state index contributed by atoms with van der Waals surface area (Å²) in [5.74, 6) is -1.19. The minimum absolute atomic E-state index is 0.0979. The number of benzene rings is 1. The standard InChI is InChI=1S/C26H44O4/c1-3-4-5-6-7-8-9-10-11-12-13-14-15-16-17-18-19-22-23(28)20-24(29)25(21(2)27)26(22)30/h20,28-30H,3-19H2,1-2H3. The summed E-state index contributed by atoms with van der Waals surface area (Å²) in [5, 5.41) is 29.9. The Labute approximate surface area is 183 Å². The summed E-state index contributed by atoms with van der Waals surface area (Å²) in [4.78, 5) is 11.6. The second-order valence-corrected chi connectivity index (χ2v) is 8.73. The molecule has 1 aromatic carbocycles. The van der Waals surface area contributed by atoms with E-state index in [9.17, 15) is 20.1 Å². The summed E-state index contributed by atoms with van der Waals surface area (Å²) in [5.41, 5.74) is 0.266. The van der Waals surface area contributed by atoms with Gasteiger partial charge in [0, 0.05) is 11.6 Å². The predicted molar refractivity (Wildman–Crippen MR) is 125 cm³/mol. The van der Waals surface area contributed by atoms with E-state index >= 15 is 0 Å². The van der Waals surface area contributed by atoms with Crippen molar-refractivity contribution in [2.24, 2.45) is 0 Å². The number of ketones is 1. The van der Waals surface area contributed by atoms with Gasteiger partial charge in [0.2, 0.25) is 0 Å². The SMILES string of the molecule is CCCCCCCCCCCCCCCCCCc1c(O)cc(O)c(C(C)=O)c1O. The minimum Gasteiger partial charge on any atom is -0.507 e. The zero-order valence-corrected chi connectivity index (χ0v) is 19.3. The summed E-state index contributed by atoms with van der Waals surface area (Å²) in [7, 11) is 0. The summed E-state index contributed by atoms with van der Waals surface area (Å²) < 4.78 is 0. The molecule has 0 radical (unpaired) electrons. The first-order valence-electron chi connectivity index (χ1n) is 12.3. The van der Waals surface area contributed by atoms with Crippen LogP contribution in [0.4, 0.5) is 0 Å². The van der Waals surface area contributed by atoms with E-state index in [-0.39, 0.29) is 22.8 Å². The van der Waals surface area contributed by atoms with Gasteiger partial charge in [-0.15, -0.1) is 0 Å². The predicted octanol–water partition coefficient (Wildman–Crippen LogP) is 7.81. The van der Waals surface area contributed by atoms with Crippen molar-refractivity contribution in [1.82, 2.24) is 0 Å². The molecule has 0 fully saturated rings. The van der Waals surface area contributed by atoms with Gasteiger partial charge >= 0.3 is 0 Å². The summed E-state index contributed by atoms with van der Waals surface area (Å²) in [6.07, 6.45) is 21.2. The highest BCUT2D eigenvalue weighted by Crippen LogP contribution is 2.38. The Bertz CT molecular complexity index is 610. The summed E-state index contributed by atoms with van der Waals surface area (Å²) in [6, 6.07) is 1.15. The summed E-state index contributed by atoms with van der Waals surface area (Å²) in [6.45, 7) is 3.56. The van der Waals surface area contributed by atoms with Crippen LogP contribution in [0, 0.1) is 0 Å². The molecule has 1 aromatic rings. The Balaban J connectivity index is 2.03. The first-order chi connectivity index (χ1) is 14.5. The van der Waals surface area contributed by atoms with Crippen molar-refractivity contribution in [2.75, 3.05) is 0 Å². The molecule has 0 unspecified atom stereocenters. The molecule has 0 aliphatic rings. The first-order valence-corrected chi connectivity index (χ1v) is 12.3. The van der Waals surface area contributed by atoms with E-state index in [1.165, 1.54) is 90.4 Å². The normalized spacial score (nSPS) is 11.1. The van der Waals surface area contributed by atoms with Crippen molar-refractivity contribution in [3.63, 3.8) is 0 Å². The van der Waals surface area contributed by atoms with Crippen LogP contribution < -0.4 is 0 Å². The largest absolute Gasteiger partial charge is 0.507 e. The lowest BCUT2D eigenvalue weighted by atomic mass is 9.98. The molecule has 0 bridgehead atoms. The average molecular weight is 421 g/mol. The highest BCUT2D eigenvalue weighted by molar-refractivity contribution is 6.00. The second-order valence-electron chi connectivity index (χ2n) is 8.73. The number of aromatic hydroxyl groups is 3. The molecule has 1 rings (SSSR count). The average Bonchev–Trinajstić information content (AvgIpc) is 2.69. The van der Waals surface area contributed by atoms with Gasteiger partial charge in [0.05, 0.1) is 0 Å². The van der Waals surface area contributed by atoms with Gasteiger partial charge in [-0.2, -0.15) is 0 Å². The van der Waals surface area contributed by atoms with Crippen LogP contribution in [0.3, 0.4) is 0 Å².